The summed E-state index contributed by atoms with van der Waals surface area (Å²) in [4.78, 5) is 12.2. The highest BCUT2D eigenvalue weighted by Crippen LogP contribution is 2.41. The maximum atomic E-state index is 13.0. The van der Waals surface area contributed by atoms with Gasteiger partial charge in [-0.15, -0.1) is 16.4 Å². The fraction of sp³-hybridized carbons (Fsp3) is 0.125. The molecule has 0 atom stereocenters. The van der Waals surface area contributed by atoms with Gasteiger partial charge in [-0.3, -0.25) is 4.79 Å². The summed E-state index contributed by atoms with van der Waals surface area (Å²) in [5, 5.41) is 6.93. The SMILES string of the molecule is COc1cccc(CC(=O)NN=COS(=O)(=O)c2sc(-c3cc(C(F)(F)F)on3)cc2-c2ccccc2)c1. The number of methoxy groups -OCH3 is 1. The second-order valence-electron chi connectivity index (χ2n) is 7.60. The Morgan fingerprint density at radius 3 is 2.58 bits per heavy atom. The van der Waals surface area contributed by atoms with Crippen LogP contribution in [0.2, 0.25) is 0 Å². The first-order chi connectivity index (χ1) is 18.1. The minimum Gasteiger partial charge on any atom is -0.497 e. The Hall–Kier alpha value is -4.17. The highest BCUT2D eigenvalue weighted by atomic mass is 32.3. The van der Waals surface area contributed by atoms with Gasteiger partial charge in [0.2, 0.25) is 18.1 Å². The zero-order valence-corrected chi connectivity index (χ0v) is 21.1. The number of halogens is 3. The number of thiophene rings is 1. The third-order valence-corrected chi connectivity index (χ3v) is 7.79. The van der Waals surface area contributed by atoms with E-state index in [1.54, 1.807) is 54.6 Å². The van der Waals surface area contributed by atoms with Crippen LogP contribution in [-0.4, -0.2) is 33.0 Å². The number of carbonyl (C=O) groups excluding carboxylic acids is 1. The van der Waals surface area contributed by atoms with Crippen LogP contribution in [0.15, 0.2) is 80.6 Å². The fourth-order valence-corrected chi connectivity index (χ4v) is 5.61. The average Bonchev–Trinajstić information content (AvgIpc) is 3.56. The van der Waals surface area contributed by atoms with Crippen LogP contribution in [0, 0.1) is 0 Å². The number of nitrogens with zero attached hydrogens (tertiary/aromatic N) is 2. The molecule has 198 valence electrons. The van der Waals surface area contributed by atoms with Gasteiger partial charge >= 0.3 is 16.3 Å². The van der Waals surface area contributed by atoms with E-state index < -0.39 is 28.0 Å². The van der Waals surface area contributed by atoms with Crippen molar-refractivity contribution in [1.82, 2.24) is 10.6 Å². The molecule has 9 nitrogen and oxygen atoms in total. The first-order valence-electron chi connectivity index (χ1n) is 10.7. The second kappa shape index (κ2) is 11.1. The molecular formula is C24H18F3N3O6S2. The summed E-state index contributed by atoms with van der Waals surface area (Å²) in [6.07, 6.45) is -4.26. The molecule has 0 saturated carbocycles. The summed E-state index contributed by atoms with van der Waals surface area (Å²) in [6.45, 7) is 0. The molecule has 2 heterocycles. The lowest BCUT2D eigenvalue weighted by Gasteiger charge is -2.05. The van der Waals surface area contributed by atoms with E-state index >= 15 is 0 Å². The van der Waals surface area contributed by atoms with E-state index in [1.165, 1.54) is 13.2 Å². The molecule has 0 saturated heterocycles. The number of benzene rings is 2. The predicted molar refractivity (Wildman–Crippen MR) is 132 cm³/mol. The molecule has 0 spiro atoms. The highest BCUT2D eigenvalue weighted by Gasteiger charge is 2.36. The van der Waals surface area contributed by atoms with Crippen molar-refractivity contribution in [2.24, 2.45) is 5.10 Å². The van der Waals surface area contributed by atoms with Crippen LogP contribution in [0.5, 0.6) is 5.75 Å². The molecular weight excluding hydrogens is 547 g/mol. The number of hydrogen-bond donors (Lipinski definition) is 1. The molecule has 0 fully saturated rings. The number of amides is 1. The van der Waals surface area contributed by atoms with Crippen LogP contribution in [0.3, 0.4) is 0 Å². The monoisotopic (exact) mass is 565 g/mol. The number of rotatable bonds is 9. The van der Waals surface area contributed by atoms with Crippen molar-refractivity contribution < 1.29 is 39.8 Å². The molecule has 0 unspecified atom stereocenters. The molecule has 4 aromatic rings. The van der Waals surface area contributed by atoms with E-state index in [0.717, 1.165) is 0 Å². The number of ether oxygens (including phenoxy) is 1. The van der Waals surface area contributed by atoms with Gasteiger partial charge in [-0.2, -0.15) is 21.6 Å². The Bertz CT molecular complexity index is 1560. The summed E-state index contributed by atoms with van der Waals surface area (Å²) >= 11 is 0.644. The van der Waals surface area contributed by atoms with Gasteiger partial charge < -0.3 is 13.4 Å². The number of hydrazone groups is 1. The number of carbonyl (C=O) groups is 1. The van der Waals surface area contributed by atoms with Gasteiger partial charge in [0.05, 0.1) is 18.4 Å². The lowest BCUT2D eigenvalue weighted by Crippen LogP contribution is -2.20. The third-order valence-electron chi connectivity index (χ3n) is 4.96. The second-order valence-corrected chi connectivity index (χ2v) is 10.4. The Morgan fingerprint density at radius 2 is 1.89 bits per heavy atom. The van der Waals surface area contributed by atoms with Crippen molar-refractivity contribution >= 4 is 33.8 Å². The summed E-state index contributed by atoms with van der Waals surface area (Å²) in [7, 11) is -3.00. The Morgan fingerprint density at radius 1 is 1.13 bits per heavy atom. The predicted octanol–water partition coefficient (Wildman–Crippen LogP) is 5.11. The third kappa shape index (κ3) is 6.39. The Balaban J connectivity index is 1.53. The van der Waals surface area contributed by atoms with E-state index in [1.807, 2.05) is 0 Å². The van der Waals surface area contributed by atoms with Crippen LogP contribution in [-0.2, 0) is 31.7 Å². The molecule has 38 heavy (non-hydrogen) atoms. The van der Waals surface area contributed by atoms with Crippen molar-refractivity contribution in [2.75, 3.05) is 7.11 Å². The Kier molecular flexibility index (Phi) is 7.83. The van der Waals surface area contributed by atoms with Crippen molar-refractivity contribution in [1.29, 1.82) is 0 Å². The van der Waals surface area contributed by atoms with Crippen LogP contribution >= 0.6 is 11.3 Å². The van der Waals surface area contributed by atoms with E-state index in [4.69, 9.17) is 8.92 Å². The molecule has 14 heteroatoms. The van der Waals surface area contributed by atoms with E-state index in [2.05, 4.69) is 20.2 Å². The maximum absolute atomic E-state index is 13.0. The standard InChI is InChI=1S/C24H18F3N3O6S2/c1-34-17-9-5-6-15(10-17)11-22(31)29-28-14-35-38(32,33)23-18(16-7-3-2-4-8-16)12-20(37-23)19-13-21(36-30-19)24(25,26)27/h2-10,12-14H,11H2,1H3,(H,29,31). The molecule has 0 radical (unpaired) electrons. The average molecular weight is 566 g/mol. The van der Waals surface area contributed by atoms with Crippen LogP contribution in [0.25, 0.3) is 21.7 Å². The smallest absolute Gasteiger partial charge is 0.452 e. The van der Waals surface area contributed by atoms with Gasteiger partial charge in [0, 0.05) is 11.6 Å². The minimum absolute atomic E-state index is 0.0503. The van der Waals surface area contributed by atoms with Crippen molar-refractivity contribution in [2.45, 2.75) is 16.8 Å². The van der Waals surface area contributed by atoms with Crippen LogP contribution in [0.1, 0.15) is 11.3 Å². The molecule has 1 amide bonds. The van der Waals surface area contributed by atoms with Crippen molar-refractivity contribution in [3.05, 3.63) is 78.1 Å². The molecule has 2 aromatic heterocycles. The van der Waals surface area contributed by atoms with Crippen molar-refractivity contribution in [3.63, 3.8) is 0 Å². The molecule has 0 aliphatic rings. The number of alkyl halides is 3. The van der Waals surface area contributed by atoms with E-state index in [9.17, 15) is 26.4 Å². The quantitative estimate of drug-likeness (QED) is 0.130. The summed E-state index contributed by atoms with van der Waals surface area (Å²) in [5.41, 5.74) is 3.26. The van der Waals surface area contributed by atoms with E-state index in [-0.39, 0.29) is 26.8 Å². The lowest BCUT2D eigenvalue weighted by molar-refractivity contribution is -0.155. The van der Waals surface area contributed by atoms with Crippen LogP contribution < -0.4 is 10.2 Å². The molecule has 4 rings (SSSR count). The maximum Gasteiger partial charge on any atom is 0.452 e. The number of hydrogen-bond acceptors (Lipinski definition) is 9. The molecule has 2 aromatic carbocycles. The van der Waals surface area contributed by atoms with Crippen LogP contribution in [0.4, 0.5) is 13.2 Å². The minimum atomic E-state index is -4.75. The first kappa shape index (κ1) is 26.9. The first-order valence-corrected chi connectivity index (χ1v) is 12.9. The van der Waals surface area contributed by atoms with E-state index in [0.29, 0.717) is 40.7 Å². The number of nitrogens with one attached hydrogen (secondary N) is 1. The summed E-state index contributed by atoms with van der Waals surface area (Å²) in [5.74, 6) is -1.29. The number of aromatic nitrogens is 1. The molecule has 0 aliphatic heterocycles. The molecule has 0 bridgehead atoms. The normalized spacial score (nSPS) is 12.0. The Labute approximate surface area is 218 Å². The van der Waals surface area contributed by atoms with Gasteiger partial charge in [-0.25, -0.2) is 5.43 Å². The topological polar surface area (TPSA) is 120 Å². The zero-order valence-electron chi connectivity index (χ0n) is 19.4. The summed E-state index contributed by atoms with van der Waals surface area (Å²) in [6, 6.07) is 17.2. The van der Waals surface area contributed by atoms with Gasteiger partial charge in [0.15, 0.2) is 4.21 Å². The molecule has 0 aliphatic carbocycles. The molecule has 1 N–H and O–H groups in total. The highest BCUT2D eigenvalue weighted by molar-refractivity contribution is 7.89. The van der Waals surface area contributed by atoms with Gasteiger partial charge in [-0.1, -0.05) is 47.6 Å². The summed E-state index contributed by atoms with van der Waals surface area (Å²) < 4.78 is 78.8. The zero-order chi connectivity index (χ0) is 27.3. The van der Waals surface area contributed by atoms with Gasteiger partial charge in [0.1, 0.15) is 11.4 Å². The largest absolute Gasteiger partial charge is 0.497 e. The van der Waals surface area contributed by atoms with Gasteiger partial charge in [0.25, 0.3) is 0 Å². The lowest BCUT2D eigenvalue weighted by atomic mass is 10.1. The fourth-order valence-electron chi connectivity index (χ4n) is 3.26. The van der Waals surface area contributed by atoms with Crippen molar-refractivity contribution in [3.8, 4) is 27.4 Å². The van der Waals surface area contributed by atoms with Gasteiger partial charge in [-0.05, 0) is 29.3 Å².